The first-order chi connectivity index (χ1) is 13.4. The van der Waals surface area contributed by atoms with Gasteiger partial charge < -0.3 is 10.4 Å². The Morgan fingerprint density at radius 1 is 1.14 bits per heavy atom. The lowest BCUT2D eigenvalue weighted by Gasteiger charge is -2.38. The molecule has 0 spiro atoms. The Balaban J connectivity index is 1.92. The highest BCUT2D eigenvalue weighted by atomic mass is 127. The van der Waals surface area contributed by atoms with Crippen molar-refractivity contribution in [1.82, 2.24) is 5.32 Å². The van der Waals surface area contributed by atoms with Crippen LogP contribution in [0.3, 0.4) is 0 Å². The molecule has 0 saturated heterocycles. The summed E-state index contributed by atoms with van der Waals surface area (Å²) in [6.07, 6.45) is 11.5. The van der Waals surface area contributed by atoms with Gasteiger partial charge in [0.2, 0.25) is 0 Å². The minimum atomic E-state index is -0.499. The summed E-state index contributed by atoms with van der Waals surface area (Å²) >= 11 is 4.83. The van der Waals surface area contributed by atoms with Gasteiger partial charge in [0, 0.05) is 28.8 Å². The van der Waals surface area contributed by atoms with Crippen molar-refractivity contribution in [2.24, 2.45) is 27.7 Å². The zero-order valence-electron chi connectivity index (χ0n) is 18.6. The van der Waals surface area contributed by atoms with Crippen LogP contribution < -0.4 is 5.32 Å². The summed E-state index contributed by atoms with van der Waals surface area (Å²) in [5, 5.41) is 14.5. The lowest BCUT2D eigenvalue weighted by molar-refractivity contribution is 0.100. The van der Waals surface area contributed by atoms with Crippen molar-refractivity contribution < 1.29 is 5.11 Å². The second kappa shape index (κ2) is 10.6. The third-order valence-corrected chi connectivity index (χ3v) is 6.86. The number of nitrogens with one attached hydrogen (secondary N) is 1. The molecule has 0 aromatic carbocycles. The van der Waals surface area contributed by atoms with E-state index in [1.807, 2.05) is 6.21 Å². The molecule has 0 aliphatic heterocycles. The van der Waals surface area contributed by atoms with E-state index in [0.29, 0.717) is 5.92 Å². The Morgan fingerprint density at radius 3 is 2.41 bits per heavy atom. The fourth-order valence-electron chi connectivity index (χ4n) is 3.63. The van der Waals surface area contributed by atoms with E-state index in [1.165, 1.54) is 12.7 Å². The van der Waals surface area contributed by atoms with Crippen LogP contribution in [0.15, 0.2) is 47.6 Å². The maximum atomic E-state index is 10.9. The highest BCUT2D eigenvalue weighted by molar-refractivity contribution is 14.1. The van der Waals surface area contributed by atoms with Crippen molar-refractivity contribution in [3.8, 4) is 0 Å². The standard InChI is InChI=1S/C24H36I2N2O/c1-23(2,3)18-11-17(22(29)21(12-18)24(4,5)6)15-28-8-7-27-14-16-9-19(25)13-20(26)10-16/h9,11-13,15-16,21-22,27,29H,7-8,10,14H2,1-6H3. The Bertz CT molecular complexity index is 733. The van der Waals surface area contributed by atoms with Crippen LogP contribution in [0, 0.1) is 22.7 Å². The van der Waals surface area contributed by atoms with Gasteiger partial charge in [-0.25, -0.2) is 0 Å². The van der Waals surface area contributed by atoms with Crippen molar-refractivity contribution >= 4 is 51.4 Å². The van der Waals surface area contributed by atoms with E-state index in [4.69, 9.17) is 0 Å². The molecule has 3 atom stereocenters. The highest BCUT2D eigenvalue weighted by Crippen LogP contribution is 2.40. The summed E-state index contributed by atoms with van der Waals surface area (Å²) in [4.78, 5) is 4.62. The molecule has 2 aliphatic rings. The van der Waals surface area contributed by atoms with Crippen LogP contribution in [0.5, 0.6) is 0 Å². The molecule has 0 fully saturated rings. The first-order valence-corrected chi connectivity index (χ1v) is 12.6. The van der Waals surface area contributed by atoms with Crippen LogP contribution in [0.25, 0.3) is 0 Å². The van der Waals surface area contributed by atoms with Crippen LogP contribution in [-0.4, -0.2) is 37.1 Å². The first-order valence-electron chi connectivity index (χ1n) is 10.4. The van der Waals surface area contributed by atoms with Crippen molar-refractivity contribution in [2.75, 3.05) is 19.6 Å². The zero-order valence-corrected chi connectivity index (χ0v) is 22.9. The second-order valence-electron chi connectivity index (χ2n) is 10.2. The van der Waals surface area contributed by atoms with Gasteiger partial charge in [0.25, 0.3) is 0 Å². The number of halogens is 2. The van der Waals surface area contributed by atoms with E-state index in [1.54, 1.807) is 0 Å². The topological polar surface area (TPSA) is 44.6 Å². The van der Waals surface area contributed by atoms with Gasteiger partial charge >= 0.3 is 0 Å². The number of hydrogen-bond donors (Lipinski definition) is 2. The van der Waals surface area contributed by atoms with Crippen LogP contribution in [0.1, 0.15) is 48.0 Å². The average molecular weight is 622 g/mol. The smallest absolute Gasteiger partial charge is 0.0872 e. The van der Waals surface area contributed by atoms with Gasteiger partial charge in [-0.15, -0.1) is 0 Å². The minimum Gasteiger partial charge on any atom is -0.388 e. The van der Waals surface area contributed by atoms with Gasteiger partial charge in [-0.1, -0.05) is 59.8 Å². The quantitative estimate of drug-likeness (QED) is 0.210. The van der Waals surface area contributed by atoms with E-state index in [-0.39, 0.29) is 16.7 Å². The maximum absolute atomic E-state index is 10.9. The summed E-state index contributed by atoms with van der Waals surface area (Å²) in [7, 11) is 0. The molecule has 0 bridgehead atoms. The summed E-state index contributed by atoms with van der Waals surface area (Å²) < 4.78 is 2.76. The molecule has 3 unspecified atom stereocenters. The van der Waals surface area contributed by atoms with Gasteiger partial charge in [-0.2, -0.15) is 0 Å². The molecule has 0 radical (unpaired) electrons. The minimum absolute atomic E-state index is 0.00180. The molecule has 5 heteroatoms. The monoisotopic (exact) mass is 622 g/mol. The summed E-state index contributed by atoms with van der Waals surface area (Å²) in [5.41, 5.74) is 2.27. The number of aliphatic imine (C=N–C) groups is 1. The number of rotatable bonds is 6. The molecule has 3 nitrogen and oxygen atoms in total. The molecule has 0 heterocycles. The number of allylic oxidation sites excluding steroid dienone is 5. The molecule has 29 heavy (non-hydrogen) atoms. The van der Waals surface area contributed by atoms with Gasteiger partial charge in [0.1, 0.15) is 0 Å². The van der Waals surface area contributed by atoms with E-state index < -0.39 is 6.10 Å². The van der Waals surface area contributed by atoms with Gasteiger partial charge in [-0.3, -0.25) is 4.99 Å². The number of nitrogens with zero attached hydrogens (tertiary/aromatic N) is 1. The Kier molecular flexibility index (Phi) is 9.19. The average Bonchev–Trinajstić information content (AvgIpc) is 2.56. The molecule has 0 saturated carbocycles. The summed E-state index contributed by atoms with van der Waals surface area (Å²) in [6.45, 7) is 15.8. The molecular formula is C24H36I2N2O. The van der Waals surface area contributed by atoms with Crippen LogP contribution >= 0.6 is 45.2 Å². The van der Waals surface area contributed by atoms with E-state index in [9.17, 15) is 5.11 Å². The van der Waals surface area contributed by atoms with Crippen LogP contribution in [0.2, 0.25) is 0 Å². The molecule has 0 aromatic heterocycles. The van der Waals surface area contributed by atoms with E-state index in [0.717, 1.165) is 31.6 Å². The van der Waals surface area contributed by atoms with Crippen molar-refractivity contribution in [3.05, 3.63) is 42.6 Å². The molecule has 2 N–H and O–H groups in total. The molecule has 162 valence electrons. The molecule has 2 aliphatic carbocycles. The zero-order chi connectivity index (χ0) is 21.8. The van der Waals surface area contributed by atoms with E-state index in [2.05, 4.69) is 121 Å². The largest absolute Gasteiger partial charge is 0.388 e. The number of aliphatic hydroxyl groups excluding tert-OH is 1. The predicted octanol–water partition coefficient (Wildman–Crippen LogP) is 6.24. The molecule has 2 rings (SSSR count). The second-order valence-corrected chi connectivity index (χ2v) is 12.8. The predicted molar refractivity (Wildman–Crippen MR) is 143 cm³/mol. The van der Waals surface area contributed by atoms with Crippen molar-refractivity contribution in [2.45, 2.75) is 54.1 Å². The highest BCUT2D eigenvalue weighted by Gasteiger charge is 2.35. The van der Waals surface area contributed by atoms with Gasteiger partial charge in [0.15, 0.2) is 0 Å². The fraction of sp³-hybridized carbons (Fsp3) is 0.625. The Labute approximate surface area is 204 Å². The third-order valence-electron chi connectivity index (χ3n) is 5.44. The van der Waals surface area contributed by atoms with Crippen LogP contribution in [-0.2, 0) is 0 Å². The SMILES string of the molecule is CC(C)(C)C1=CC(C(C)(C)C)C(O)C(C=NCCNCC2C=C(I)C=C(I)C2)=C1. The lowest BCUT2D eigenvalue weighted by Crippen LogP contribution is -2.36. The molecular weight excluding hydrogens is 586 g/mol. The Hall–Kier alpha value is 0.01000. The number of hydrogen-bond acceptors (Lipinski definition) is 3. The maximum Gasteiger partial charge on any atom is 0.0872 e. The first kappa shape index (κ1) is 25.3. The summed E-state index contributed by atoms with van der Waals surface area (Å²) in [6, 6.07) is 0. The normalized spacial score (nSPS) is 26.2. The van der Waals surface area contributed by atoms with Crippen LogP contribution in [0.4, 0.5) is 0 Å². The van der Waals surface area contributed by atoms with Gasteiger partial charge in [-0.05, 0) is 89.2 Å². The lowest BCUT2D eigenvalue weighted by atomic mass is 9.69. The third kappa shape index (κ3) is 7.89. The van der Waals surface area contributed by atoms with E-state index >= 15 is 0 Å². The molecule has 0 aromatic rings. The van der Waals surface area contributed by atoms with Crippen molar-refractivity contribution in [1.29, 1.82) is 0 Å². The van der Waals surface area contributed by atoms with Gasteiger partial charge in [0.05, 0.1) is 12.6 Å². The fourth-order valence-corrected chi connectivity index (χ4v) is 6.01. The Morgan fingerprint density at radius 2 is 1.83 bits per heavy atom. The number of aliphatic hydroxyl groups is 1. The molecule has 0 amide bonds. The summed E-state index contributed by atoms with van der Waals surface area (Å²) in [5.74, 6) is 0.662. The van der Waals surface area contributed by atoms with Crippen molar-refractivity contribution in [3.63, 3.8) is 0 Å².